The molecule has 12 heteroatoms. The molecule has 0 saturated carbocycles. The Morgan fingerprint density at radius 1 is 1.41 bits per heavy atom. The second kappa shape index (κ2) is 5.95. The molecule has 2 aromatic rings. The number of halogens is 3. The molecular formula is C10H10F3N3O4S2. The van der Waals surface area contributed by atoms with Crippen molar-refractivity contribution in [2.75, 3.05) is 13.4 Å². The quantitative estimate of drug-likeness (QED) is 0.762. The first kappa shape index (κ1) is 16.9. The zero-order chi connectivity index (χ0) is 16.5. The SMILES string of the molecule is CON(Cc1ccc(-c2noc(C(F)(F)F)n2)s1)S(C)(=O)=O. The minimum absolute atomic E-state index is 0.0794. The third kappa shape index (κ3) is 3.82. The van der Waals surface area contributed by atoms with Crippen LogP contribution in [-0.2, 0) is 27.6 Å². The van der Waals surface area contributed by atoms with Crippen LogP contribution >= 0.6 is 11.3 Å². The van der Waals surface area contributed by atoms with E-state index in [2.05, 4.69) is 14.7 Å². The summed E-state index contributed by atoms with van der Waals surface area (Å²) >= 11 is 1.03. The number of hydroxylamine groups is 1. The van der Waals surface area contributed by atoms with Crippen LogP contribution in [0.25, 0.3) is 10.7 Å². The largest absolute Gasteiger partial charge is 0.471 e. The number of nitrogens with zero attached hydrogens (tertiary/aromatic N) is 3. The van der Waals surface area contributed by atoms with E-state index in [0.717, 1.165) is 22.1 Å². The van der Waals surface area contributed by atoms with Gasteiger partial charge in [0, 0.05) is 4.88 Å². The van der Waals surface area contributed by atoms with Crippen molar-refractivity contribution in [2.24, 2.45) is 0 Å². The van der Waals surface area contributed by atoms with Gasteiger partial charge in [-0.15, -0.1) is 11.3 Å². The van der Waals surface area contributed by atoms with E-state index in [0.29, 0.717) is 9.75 Å². The molecule has 0 bridgehead atoms. The van der Waals surface area contributed by atoms with E-state index in [9.17, 15) is 21.6 Å². The molecule has 0 aromatic carbocycles. The third-order valence-corrected chi connectivity index (χ3v) is 4.49. The monoisotopic (exact) mass is 357 g/mol. The van der Waals surface area contributed by atoms with Crippen molar-refractivity contribution < 1.29 is 30.9 Å². The molecule has 0 unspecified atom stereocenters. The number of hydrogen-bond acceptors (Lipinski definition) is 7. The molecule has 7 nitrogen and oxygen atoms in total. The third-order valence-electron chi connectivity index (χ3n) is 2.41. The second-order valence-corrected chi connectivity index (χ2v) is 7.13. The molecule has 122 valence electrons. The Hall–Kier alpha value is -1.50. The highest BCUT2D eigenvalue weighted by Gasteiger charge is 2.38. The fourth-order valence-electron chi connectivity index (χ4n) is 1.47. The summed E-state index contributed by atoms with van der Waals surface area (Å²) in [5, 5.41) is 3.26. The Balaban J connectivity index is 2.20. The predicted molar refractivity (Wildman–Crippen MR) is 70.0 cm³/mol. The van der Waals surface area contributed by atoms with Crippen molar-refractivity contribution in [3.8, 4) is 10.7 Å². The summed E-state index contributed by atoms with van der Waals surface area (Å²) in [7, 11) is -2.37. The highest BCUT2D eigenvalue weighted by molar-refractivity contribution is 7.88. The Bertz CT molecular complexity index is 754. The van der Waals surface area contributed by atoms with Crippen LogP contribution in [0.1, 0.15) is 10.8 Å². The molecule has 0 saturated heterocycles. The molecule has 0 aliphatic heterocycles. The summed E-state index contributed by atoms with van der Waals surface area (Å²) in [6.07, 6.45) is -3.74. The number of alkyl halides is 3. The molecule has 2 rings (SSSR count). The van der Waals surface area contributed by atoms with E-state index in [1.165, 1.54) is 13.2 Å². The molecule has 2 heterocycles. The molecule has 0 fully saturated rings. The summed E-state index contributed by atoms with van der Waals surface area (Å²) in [6, 6.07) is 3.02. The summed E-state index contributed by atoms with van der Waals surface area (Å²) in [5.74, 6) is -1.65. The molecule has 0 N–H and O–H groups in total. The van der Waals surface area contributed by atoms with Gasteiger partial charge in [0.15, 0.2) is 0 Å². The summed E-state index contributed by atoms with van der Waals surface area (Å²) < 4.78 is 64.9. The van der Waals surface area contributed by atoms with Crippen LogP contribution < -0.4 is 0 Å². The van der Waals surface area contributed by atoms with E-state index >= 15 is 0 Å². The summed E-state index contributed by atoms with van der Waals surface area (Å²) in [6.45, 7) is -0.0794. The van der Waals surface area contributed by atoms with Crippen LogP contribution in [0, 0.1) is 0 Å². The lowest BCUT2D eigenvalue weighted by molar-refractivity contribution is -0.159. The fraction of sp³-hybridized carbons (Fsp3) is 0.400. The van der Waals surface area contributed by atoms with E-state index in [4.69, 9.17) is 4.84 Å². The number of sulfonamides is 1. The molecule has 0 aliphatic carbocycles. The maximum atomic E-state index is 12.4. The lowest BCUT2D eigenvalue weighted by Gasteiger charge is -2.15. The molecule has 0 spiro atoms. The van der Waals surface area contributed by atoms with Gasteiger partial charge >= 0.3 is 12.1 Å². The van der Waals surface area contributed by atoms with Gasteiger partial charge in [-0.1, -0.05) is 9.63 Å². The van der Waals surface area contributed by atoms with Crippen molar-refractivity contribution >= 4 is 21.4 Å². The first-order chi connectivity index (χ1) is 10.1. The lowest BCUT2D eigenvalue weighted by atomic mass is 10.4. The average molecular weight is 357 g/mol. The van der Waals surface area contributed by atoms with Crippen molar-refractivity contribution in [2.45, 2.75) is 12.7 Å². The molecule has 22 heavy (non-hydrogen) atoms. The van der Waals surface area contributed by atoms with Crippen molar-refractivity contribution in [3.05, 3.63) is 22.9 Å². The first-order valence-electron chi connectivity index (χ1n) is 5.63. The van der Waals surface area contributed by atoms with Gasteiger partial charge in [-0.2, -0.15) is 18.2 Å². The molecule has 0 atom stereocenters. The van der Waals surface area contributed by atoms with Crippen molar-refractivity contribution in [3.63, 3.8) is 0 Å². The topological polar surface area (TPSA) is 85.5 Å². The normalized spacial score (nSPS) is 13.0. The number of rotatable bonds is 5. The highest BCUT2D eigenvalue weighted by Crippen LogP contribution is 2.32. The lowest BCUT2D eigenvalue weighted by Crippen LogP contribution is -2.27. The van der Waals surface area contributed by atoms with E-state index < -0.39 is 22.1 Å². The van der Waals surface area contributed by atoms with Gasteiger partial charge in [0.25, 0.3) is 0 Å². The maximum Gasteiger partial charge on any atom is 0.471 e. The fourth-order valence-corrected chi connectivity index (χ4v) is 3.10. The summed E-state index contributed by atoms with van der Waals surface area (Å²) in [4.78, 5) is 8.85. The smallest absolute Gasteiger partial charge is 0.329 e. The number of hydrogen-bond donors (Lipinski definition) is 0. The Morgan fingerprint density at radius 2 is 2.09 bits per heavy atom. The minimum atomic E-state index is -4.71. The van der Waals surface area contributed by atoms with Crippen LogP contribution in [0.3, 0.4) is 0 Å². The van der Waals surface area contributed by atoms with Crippen LogP contribution in [0.15, 0.2) is 16.7 Å². The maximum absolute atomic E-state index is 12.4. The Labute approximate surface area is 127 Å². The predicted octanol–water partition coefficient (Wildman–Crippen LogP) is 2.14. The van der Waals surface area contributed by atoms with Gasteiger partial charge < -0.3 is 4.52 Å². The van der Waals surface area contributed by atoms with E-state index in [1.54, 1.807) is 6.07 Å². The van der Waals surface area contributed by atoms with Gasteiger partial charge in [0.05, 0.1) is 24.8 Å². The number of aromatic nitrogens is 2. The minimum Gasteiger partial charge on any atom is -0.329 e. The van der Waals surface area contributed by atoms with Crippen LogP contribution in [0.4, 0.5) is 13.2 Å². The molecular weight excluding hydrogens is 347 g/mol. The first-order valence-corrected chi connectivity index (χ1v) is 8.29. The Kier molecular flexibility index (Phi) is 4.56. The zero-order valence-corrected chi connectivity index (χ0v) is 12.9. The molecule has 0 radical (unpaired) electrons. The van der Waals surface area contributed by atoms with Gasteiger partial charge in [-0.05, 0) is 12.1 Å². The van der Waals surface area contributed by atoms with E-state index in [1.807, 2.05) is 0 Å². The van der Waals surface area contributed by atoms with Crippen molar-refractivity contribution in [1.82, 2.24) is 14.6 Å². The van der Waals surface area contributed by atoms with Gasteiger partial charge in [-0.25, -0.2) is 8.42 Å². The highest BCUT2D eigenvalue weighted by atomic mass is 32.2. The van der Waals surface area contributed by atoms with E-state index in [-0.39, 0.29) is 12.4 Å². The zero-order valence-electron chi connectivity index (χ0n) is 11.3. The van der Waals surface area contributed by atoms with Gasteiger partial charge in [0.1, 0.15) is 0 Å². The standard InChI is InChI=1S/C10H10F3N3O4S2/c1-19-16(22(2,17)18)5-6-3-4-7(21-6)8-14-9(20-15-8)10(11,12)13/h3-4H,5H2,1-2H3. The van der Waals surface area contributed by atoms with Crippen LogP contribution in [0.5, 0.6) is 0 Å². The van der Waals surface area contributed by atoms with Crippen LogP contribution in [0.2, 0.25) is 0 Å². The average Bonchev–Trinajstić information content (AvgIpc) is 3.02. The molecule has 2 aromatic heterocycles. The second-order valence-electron chi connectivity index (χ2n) is 4.09. The van der Waals surface area contributed by atoms with Crippen LogP contribution in [-0.4, -0.2) is 36.4 Å². The number of thiophene rings is 1. The van der Waals surface area contributed by atoms with Crippen molar-refractivity contribution in [1.29, 1.82) is 0 Å². The molecule has 0 aliphatic rings. The Morgan fingerprint density at radius 3 is 2.59 bits per heavy atom. The molecule has 0 amide bonds. The summed E-state index contributed by atoms with van der Waals surface area (Å²) in [5.41, 5.74) is 0. The van der Waals surface area contributed by atoms with Gasteiger partial charge in [0.2, 0.25) is 15.8 Å². The van der Waals surface area contributed by atoms with Gasteiger partial charge in [-0.3, -0.25) is 4.84 Å².